The van der Waals surface area contributed by atoms with Crippen LogP contribution in [0.3, 0.4) is 0 Å². The molecule has 6 heteroatoms. The normalized spacial score (nSPS) is 11.6. The first-order valence-electron chi connectivity index (χ1n) is 6.41. The maximum atomic E-state index is 13.0. The van der Waals surface area contributed by atoms with E-state index in [4.69, 9.17) is 16.3 Å². The number of hydrogen-bond donors (Lipinski definition) is 1. The standard InChI is InChI=1S/C16H13ClFNO3/c1-22-16(21)14(10-5-3-2-4-6-10)19-15(20)12-8-7-11(18)9-13(12)17/h2-9,14H,1H3,(H,19,20)/t14-/m1/s1. The van der Waals surface area contributed by atoms with Gasteiger partial charge in [0.2, 0.25) is 0 Å². The number of ether oxygens (including phenoxy) is 1. The number of esters is 1. The van der Waals surface area contributed by atoms with Crippen LogP contribution in [0.5, 0.6) is 0 Å². The highest BCUT2D eigenvalue weighted by Gasteiger charge is 2.24. The summed E-state index contributed by atoms with van der Waals surface area (Å²) < 4.78 is 17.7. The van der Waals surface area contributed by atoms with Crippen LogP contribution in [-0.4, -0.2) is 19.0 Å². The molecule has 0 heterocycles. The zero-order chi connectivity index (χ0) is 16.1. The Morgan fingerprint density at radius 1 is 1.18 bits per heavy atom. The maximum absolute atomic E-state index is 13.0. The van der Waals surface area contributed by atoms with Gasteiger partial charge in [-0.15, -0.1) is 0 Å². The molecule has 2 rings (SSSR count). The van der Waals surface area contributed by atoms with Gasteiger partial charge in [0.1, 0.15) is 5.82 Å². The fraction of sp³-hybridized carbons (Fsp3) is 0.125. The molecule has 0 aliphatic carbocycles. The summed E-state index contributed by atoms with van der Waals surface area (Å²) in [4.78, 5) is 24.1. The molecule has 0 radical (unpaired) electrons. The summed E-state index contributed by atoms with van der Waals surface area (Å²) in [5.41, 5.74) is 0.647. The molecular weight excluding hydrogens is 309 g/mol. The van der Waals surface area contributed by atoms with E-state index >= 15 is 0 Å². The van der Waals surface area contributed by atoms with E-state index in [0.717, 1.165) is 12.1 Å². The van der Waals surface area contributed by atoms with Crippen molar-refractivity contribution in [2.24, 2.45) is 0 Å². The lowest BCUT2D eigenvalue weighted by Gasteiger charge is -2.17. The van der Waals surface area contributed by atoms with Crippen molar-refractivity contribution in [3.63, 3.8) is 0 Å². The van der Waals surface area contributed by atoms with Crippen LogP contribution >= 0.6 is 11.6 Å². The first kappa shape index (κ1) is 16.0. The SMILES string of the molecule is COC(=O)[C@H](NC(=O)c1ccc(F)cc1Cl)c1ccccc1. The zero-order valence-electron chi connectivity index (χ0n) is 11.7. The van der Waals surface area contributed by atoms with E-state index in [-0.39, 0.29) is 10.6 Å². The van der Waals surface area contributed by atoms with Gasteiger partial charge in [-0.1, -0.05) is 41.9 Å². The van der Waals surface area contributed by atoms with E-state index in [2.05, 4.69) is 5.32 Å². The van der Waals surface area contributed by atoms with Crippen molar-refractivity contribution < 1.29 is 18.7 Å². The second-order valence-electron chi connectivity index (χ2n) is 4.46. The van der Waals surface area contributed by atoms with E-state index in [1.54, 1.807) is 30.3 Å². The number of nitrogens with one attached hydrogen (secondary N) is 1. The van der Waals surface area contributed by atoms with Gasteiger partial charge in [0.25, 0.3) is 5.91 Å². The molecule has 2 aromatic carbocycles. The lowest BCUT2D eigenvalue weighted by Crippen LogP contribution is -2.34. The van der Waals surface area contributed by atoms with Crippen molar-refractivity contribution in [3.05, 3.63) is 70.5 Å². The first-order chi connectivity index (χ1) is 10.5. The lowest BCUT2D eigenvalue weighted by atomic mass is 10.1. The van der Waals surface area contributed by atoms with Gasteiger partial charge in [-0.05, 0) is 23.8 Å². The Hall–Kier alpha value is -2.40. The van der Waals surface area contributed by atoms with Crippen molar-refractivity contribution in [1.82, 2.24) is 5.32 Å². The van der Waals surface area contributed by atoms with Crippen LogP contribution < -0.4 is 5.32 Å². The van der Waals surface area contributed by atoms with E-state index in [1.807, 2.05) is 0 Å². The number of hydrogen-bond acceptors (Lipinski definition) is 3. The number of rotatable bonds is 4. The van der Waals surface area contributed by atoms with Gasteiger partial charge in [-0.25, -0.2) is 9.18 Å². The lowest BCUT2D eigenvalue weighted by molar-refractivity contribution is -0.143. The summed E-state index contributed by atoms with van der Waals surface area (Å²) in [7, 11) is 1.23. The van der Waals surface area contributed by atoms with Gasteiger partial charge in [0.05, 0.1) is 17.7 Å². The molecule has 0 aliphatic heterocycles. The summed E-state index contributed by atoms with van der Waals surface area (Å²) in [6.45, 7) is 0. The van der Waals surface area contributed by atoms with Crippen molar-refractivity contribution in [3.8, 4) is 0 Å². The fourth-order valence-corrected chi connectivity index (χ4v) is 2.18. The molecule has 0 unspecified atom stereocenters. The van der Waals surface area contributed by atoms with Gasteiger partial charge < -0.3 is 10.1 Å². The molecule has 114 valence electrons. The van der Waals surface area contributed by atoms with E-state index < -0.39 is 23.7 Å². The third-order valence-electron chi connectivity index (χ3n) is 3.02. The largest absolute Gasteiger partial charge is 0.467 e. The van der Waals surface area contributed by atoms with Crippen LogP contribution in [0.15, 0.2) is 48.5 Å². The number of carbonyl (C=O) groups excluding carboxylic acids is 2. The number of halogens is 2. The minimum Gasteiger partial charge on any atom is -0.467 e. The van der Waals surface area contributed by atoms with Crippen molar-refractivity contribution in [2.75, 3.05) is 7.11 Å². The molecule has 22 heavy (non-hydrogen) atoms. The molecule has 0 saturated heterocycles. The monoisotopic (exact) mass is 321 g/mol. The molecule has 0 aliphatic rings. The summed E-state index contributed by atoms with van der Waals surface area (Å²) in [5, 5.41) is 2.51. The molecule has 1 atom stereocenters. The topological polar surface area (TPSA) is 55.4 Å². The van der Waals surface area contributed by atoms with Crippen molar-refractivity contribution >= 4 is 23.5 Å². The molecule has 4 nitrogen and oxygen atoms in total. The molecule has 0 spiro atoms. The fourth-order valence-electron chi connectivity index (χ4n) is 1.92. The van der Waals surface area contributed by atoms with Crippen LogP contribution in [-0.2, 0) is 9.53 Å². The van der Waals surface area contributed by atoms with E-state index in [1.165, 1.54) is 13.2 Å². The summed E-state index contributed by atoms with van der Waals surface area (Å²) in [6.07, 6.45) is 0. The highest BCUT2D eigenvalue weighted by molar-refractivity contribution is 6.33. The molecule has 0 saturated carbocycles. The number of amides is 1. The maximum Gasteiger partial charge on any atom is 0.333 e. The first-order valence-corrected chi connectivity index (χ1v) is 6.79. The summed E-state index contributed by atoms with van der Waals surface area (Å²) in [6, 6.07) is 11.1. The zero-order valence-corrected chi connectivity index (χ0v) is 12.4. The number of benzene rings is 2. The number of methoxy groups -OCH3 is 1. The highest BCUT2D eigenvalue weighted by atomic mass is 35.5. The quantitative estimate of drug-likeness (QED) is 0.880. The van der Waals surface area contributed by atoms with Gasteiger partial charge >= 0.3 is 5.97 Å². The van der Waals surface area contributed by atoms with E-state index in [9.17, 15) is 14.0 Å². The second-order valence-corrected chi connectivity index (χ2v) is 4.87. The van der Waals surface area contributed by atoms with Gasteiger partial charge in [-0.2, -0.15) is 0 Å². The molecule has 1 N–H and O–H groups in total. The summed E-state index contributed by atoms with van der Waals surface area (Å²) in [5.74, 6) is -1.75. The molecule has 0 aromatic heterocycles. The van der Waals surface area contributed by atoms with Crippen molar-refractivity contribution in [1.29, 1.82) is 0 Å². The predicted octanol–water partition coefficient (Wildman–Crippen LogP) is 3.12. The van der Waals surface area contributed by atoms with E-state index in [0.29, 0.717) is 5.56 Å². The molecule has 0 fully saturated rings. The minimum absolute atomic E-state index is 0.0332. The number of carbonyl (C=O) groups is 2. The van der Waals surface area contributed by atoms with Crippen LogP contribution in [0.1, 0.15) is 22.0 Å². The Labute approximate surface area is 131 Å². The summed E-state index contributed by atoms with van der Waals surface area (Å²) >= 11 is 5.85. The Morgan fingerprint density at radius 2 is 1.86 bits per heavy atom. The Bertz CT molecular complexity index is 691. The third kappa shape index (κ3) is 3.62. The smallest absolute Gasteiger partial charge is 0.333 e. The van der Waals surface area contributed by atoms with Crippen LogP contribution in [0.4, 0.5) is 4.39 Å². The Balaban J connectivity index is 2.27. The van der Waals surface area contributed by atoms with Crippen LogP contribution in [0.25, 0.3) is 0 Å². The Morgan fingerprint density at radius 3 is 2.45 bits per heavy atom. The molecule has 1 amide bonds. The average Bonchev–Trinajstić information content (AvgIpc) is 2.52. The predicted molar refractivity (Wildman–Crippen MR) is 80.1 cm³/mol. The van der Waals surface area contributed by atoms with Crippen molar-refractivity contribution in [2.45, 2.75) is 6.04 Å². The van der Waals surface area contributed by atoms with Crippen LogP contribution in [0, 0.1) is 5.82 Å². The van der Waals surface area contributed by atoms with Crippen LogP contribution in [0.2, 0.25) is 5.02 Å². The van der Waals surface area contributed by atoms with Gasteiger partial charge in [0.15, 0.2) is 6.04 Å². The molecule has 0 bridgehead atoms. The van der Waals surface area contributed by atoms with Gasteiger partial charge in [-0.3, -0.25) is 4.79 Å². The highest BCUT2D eigenvalue weighted by Crippen LogP contribution is 2.20. The molecular formula is C16H13ClFNO3. The third-order valence-corrected chi connectivity index (χ3v) is 3.33. The molecule has 2 aromatic rings. The minimum atomic E-state index is -0.972. The second kappa shape index (κ2) is 7.04. The average molecular weight is 322 g/mol. The Kier molecular flexibility index (Phi) is 5.12. The van der Waals surface area contributed by atoms with Gasteiger partial charge in [0, 0.05) is 0 Å².